The van der Waals surface area contributed by atoms with Gasteiger partial charge in [0, 0.05) is 37.6 Å². The summed E-state index contributed by atoms with van der Waals surface area (Å²) in [5, 5.41) is 0. The van der Waals surface area contributed by atoms with E-state index in [2.05, 4.69) is 22.0 Å². The topological polar surface area (TPSA) is 59.5 Å². The molecule has 130 valence electrons. The molecule has 1 saturated heterocycles. The van der Waals surface area contributed by atoms with Crippen molar-refractivity contribution >= 4 is 17.6 Å². The summed E-state index contributed by atoms with van der Waals surface area (Å²) in [7, 11) is 0. The summed E-state index contributed by atoms with van der Waals surface area (Å²) in [6, 6.07) is 4.13. The largest absolute Gasteiger partial charge is 0.393 e. The van der Waals surface area contributed by atoms with Crippen LogP contribution in [0.25, 0.3) is 0 Å². The highest BCUT2D eigenvalue weighted by Crippen LogP contribution is 2.47. The predicted molar refractivity (Wildman–Crippen MR) is 91.5 cm³/mol. The van der Waals surface area contributed by atoms with Gasteiger partial charge < -0.3 is 9.64 Å². The smallest absolute Gasteiger partial charge is 0.316 e. The van der Waals surface area contributed by atoms with Crippen LogP contribution in [-0.2, 0) is 14.3 Å². The van der Waals surface area contributed by atoms with Gasteiger partial charge in [0.1, 0.15) is 0 Å². The van der Waals surface area contributed by atoms with E-state index in [1.54, 1.807) is 6.92 Å². The molecule has 1 aromatic heterocycles. The lowest BCUT2D eigenvalue weighted by atomic mass is 9.65. The zero-order valence-electron chi connectivity index (χ0n) is 14.4. The van der Waals surface area contributed by atoms with E-state index < -0.39 is 5.97 Å². The maximum absolute atomic E-state index is 12.0. The van der Waals surface area contributed by atoms with Crippen molar-refractivity contribution in [1.29, 1.82) is 0 Å². The highest BCUT2D eigenvalue weighted by molar-refractivity contribution is 5.86. The standard InChI is InChI=1S/C19H26N2O3/c1-2-17(22)24-18(23)15-3-7-19(8-4-15)9-13-21(14-10-19)16-5-11-20-12-6-16/h5-6,11-12,15H,2-4,7-10,13-14H2,1H3. The van der Waals surface area contributed by atoms with Crippen LogP contribution in [0.4, 0.5) is 5.69 Å². The number of carbonyl (C=O) groups is 2. The van der Waals surface area contributed by atoms with Crippen LogP contribution < -0.4 is 4.90 Å². The number of anilines is 1. The number of rotatable bonds is 3. The minimum Gasteiger partial charge on any atom is -0.393 e. The molecule has 0 atom stereocenters. The van der Waals surface area contributed by atoms with Gasteiger partial charge >= 0.3 is 11.9 Å². The van der Waals surface area contributed by atoms with Crippen molar-refractivity contribution in [2.45, 2.75) is 51.9 Å². The number of pyridine rings is 1. The first-order valence-electron chi connectivity index (χ1n) is 9.01. The Morgan fingerprint density at radius 1 is 1.17 bits per heavy atom. The summed E-state index contributed by atoms with van der Waals surface area (Å²) in [5.41, 5.74) is 1.62. The average molecular weight is 330 g/mol. The second-order valence-electron chi connectivity index (χ2n) is 7.11. The van der Waals surface area contributed by atoms with Crippen molar-refractivity contribution in [1.82, 2.24) is 4.98 Å². The fraction of sp³-hybridized carbons (Fsp3) is 0.632. The molecule has 0 bridgehead atoms. The molecular formula is C19H26N2O3. The highest BCUT2D eigenvalue weighted by Gasteiger charge is 2.40. The third-order valence-electron chi connectivity index (χ3n) is 5.73. The Hall–Kier alpha value is -1.91. The fourth-order valence-electron chi connectivity index (χ4n) is 4.03. The zero-order valence-corrected chi connectivity index (χ0v) is 14.4. The van der Waals surface area contributed by atoms with Crippen LogP contribution >= 0.6 is 0 Å². The van der Waals surface area contributed by atoms with E-state index in [-0.39, 0.29) is 18.3 Å². The van der Waals surface area contributed by atoms with Gasteiger partial charge in [0.05, 0.1) is 5.92 Å². The molecular weight excluding hydrogens is 304 g/mol. The minimum atomic E-state index is -0.411. The van der Waals surface area contributed by atoms with Crippen LogP contribution in [0.1, 0.15) is 51.9 Å². The van der Waals surface area contributed by atoms with E-state index in [0.717, 1.165) is 38.8 Å². The fourth-order valence-corrected chi connectivity index (χ4v) is 4.03. The summed E-state index contributed by atoms with van der Waals surface area (Å²) in [4.78, 5) is 29.8. The first kappa shape index (κ1) is 16.9. The van der Waals surface area contributed by atoms with Crippen molar-refractivity contribution < 1.29 is 14.3 Å². The second-order valence-corrected chi connectivity index (χ2v) is 7.11. The normalized spacial score (nSPS) is 20.8. The number of piperidine rings is 1. The van der Waals surface area contributed by atoms with E-state index in [9.17, 15) is 9.59 Å². The summed E-state index contributed by atoms with van der Waals surface area (Å²) in [5.74, 6) is -0.818. The van der Waals surface area contributed by atoms with Gasteiger partial charge in [0.15, 0.2) is 0 Å². The van der Waals surface area contributed by atoms with E-state index in [1.165, 1.54) is 18.5 Å². The molecule has 1 aliphatic heterocycles. The molecule has 0 amide bonds. The molecule has 3 rings (SSSR count). The molecule has 1 spiro atoms. The SMILES string of the molecule is CCC(=O)OC(=O)C1CCC2(CC1)CCN(c1ccncc1)CC2. The Morgan fingerprint density at radius 2 is 1.79 bits per heavy atom. The lowest BCUT2D eigenvalue weighted by molar-refractivity contribution is -0.163. The molecule has 0 radical (unpaired) electrons. The van der Waals surface area contributed by atoms with Crippen LogP contribution in [0, 0.1) is 11.3 Å². The lowest BCUT2D eigenvalue weighted by Crippen LogP contribution is -2.42. The Balaban J connectivity index is 1.50. The van der Waals surface area contributed by atoms with Crippen LogP contribution in [0.15, 0.2) is 24.5 Å². The Kier molecular flexibility index (Phi) is 5.17. The molecule has 5 heteroatoms. The summed E-state index contributed by atoms with van der Waals surface area (Å²) < 4.78 is 4.90. The molecule has 1 aromatic rings. The number of hydrogen-bond acceptors (Lipinski definition) is 5. The Labute approximate surface area is 143 Å². The lowest BCUT2D eigenvalue weighted by Gasteiger charge is -2.46. The quantitative estimate of drug-likeness (QED) is 0.628. The predicted octanol–water partition coefficient (Wildman–Crippen LogP) is 3.34. The Morgan fingerprint density at radius 3 is 2.38 bits per heavy atom. The Bertz CT molecular complexity index is 570. The van der Waals surface area contributed by atoms with E-state index in [0.29, 0.717) is 5.41 Å². The number of nitrogens with zero attached hydrogens (tertiary/aromatic N) is 2. The molecule has 24 heavy (non-hydrogen) atoms. The van der Waals surface area contributed by atoms with Gasteiger partial charge in [-0.2, -0.15) is 0 Å². The zero-order chi connectivity index (χ0) is 17.0. The van der Waals surface area contributed by atoms with Gasteiger partial charge in [-0.3, -0.25) is 14.6 Å². The number of aromatic nitrogens is 1. The van der Waals surface area contributed by atoms with Crippen molar-refractivity contribution in [2.75, 3.05) is 18.0 Å². The van der Waals surface area contributed by atoms with Gasteiger partial charge in [-0.15, -0.1) is 0 Å². The third kappa shape index (κ3) is 3.77. The summed E-state index contributed by atoms with van der Waals surface area (Å²) >= 11 is 0. The van der Waals surface area contributed by atoms with Crippen molar-refractivity contribution in [3.05, 3.63) is 24.5 Å². The van der Waals surface area contributed by atoms with Crippen LogP contribution in [0.5, 0.6) is 0 Å². The number of esters is 2. The molecule has 1 aliphatic carbocycles. The number of hydrogen-bond donors (Lipinski definition) is 0. The maximum Gasteiger partial charge on any atom is 0.316 e. The molecule has 0 aromatic carbocycles. The molecule has 2 fully saturated rings. The van der Waals surface area contributed by atoms with Gasteiger partial charge in [0.2, 0.25) is 0 Å². The molecule has 1 saturated carbocycles. The average Bonchev–Trinajstić information content (AvgIpc) is 2.63. The van der Waals surface area contributed by atoms with Crippen LogP contribution in [-0.4, -0.2) is 30.0 Å². The highest BCUT2D eigenvalue weighted by atomic mass is 16.6. The van der Waals surface area contributed by atoms with Gasteiger partial charge in [-0.25, -0.2) is 0 Å². The minimum absolute atomic E-state index is 0.0932. The molecule has 5 nitrogen and oxygen atoms in total. The van der Waals surface area contributed by atoms with Gasteiger partial charge in [0.25, 0.3) is 0 Å². The van der Waals surface area contributed by atoms with Crippen molar-refractivity contribution in [2.24, 2.45) is 11.3 Å². The summed E-state index contributed by atoms with van der Waals surface area (Å²) in [6.45, 7) is 3.84. The number of ether oxygens (including phenoxy) is 1. The second kappa shape index (κ2) is 7.32. The third-order valence-corrected chi connectivity index (χ3v) is 5.73. The van der Waals surface area contributed by atoms with Crippen molar-refractivity contribution in [3.8, 4) is 0 Å². The van der Waals surface area contributed by atoms with Crippen LogP contribution in [0.2, 0.25) is 0 Å². The van der Waals surface area contributed by atoms with E-state index in [1.807, 2.05) is 12.4 Å². The molecule has 2 heterocycles. The number of carbonyl (C=O) groups excluding carboxylic acids is 2. The molecule has 2 aliphatic rings. The maximum atomic E-state index is 12.0. The first-order valence-corrected chi connectivity index (χ1v) is 9.01. The first-order chi connectivity index (χ1) is 11.6. The van der Waals surface area contributed by atoms with Crippen molar-refractivity contribution in [3.63, 3.8) is 0 Å². The molecule has 0 unspecified atom stereocenters. The monoisotopic (exact) mass is 330 g/mol. The molecule has 0 N–H and O–H groups in total. The summed E-state index contributed by atoms with van der Waals surface area (Å²) in [6.07, 6.45) is 10.1. The van der Waals surface area contributed by atoms with Gasteiger partial charge in [-0.05, 0) is 56.1 Å². The van der Waals surface area contributed by atoms with E-state index >= 15 is 0 Å². The van der Waals surface area contributed by atoms with E-state index in [4.69, 9.17) is 4.74 Å². The van der Waals surface area contributed by atoms with Crippen LogP contribution in [0.3, 0.4) is 0 Å². The van der Waals surface area contributed by atoms with Gasteiger partial charge in [-0.1, -0.05) is 6.92 Å².